The molecule has 2 aromatic heterocycles. The highest BCUT2D eigenvalue weighted by Gasteiger charge is 2.31. The number of nitrogens with two attached hydrogens (primary N) is 1. The highest BCUT2D eigenvalue weighted by molar-refractivity contribution is 5.79. The molecule has 3 heterocycles. The summed E-state index contributed by atoms with van der Waals surface area (Å²) in [7, 11) is 3.30. The maximum absolute atomic E-state index is 12.2. The van der Waals surface area contributed by atoms with Gasteiger partial charge in [-0.3, -0.25) is 9.69 Å². The molecular weight excluding hydrogens is 382 g/mol. The van der Waals surface area contributed by atoms with Gasteiger partial charge in [0.1, 0.15) is 17.6 Å². The van der Waals surface area contributed by atoms with Crippen LogP contribution in [0.25, 0.3) is 5.52 Å². The molecule has 1 aromatic carbocycles. The summed E-state index contributed by atoms with van der Waals surface area (Å²) in [6, 6.07) is 9.64. The van der Waals surface area contributed by atoms with Crippen molar-refractivity contribution in [2.24, 2.45) is 11.7 Å². The van der Waals surface area contributed by atoms with Gasteiger partial charge in [0.2, 0.25) is 5.91 Å². The molecule has 1 aliphatic rings. The summed E-state index contributed by atoms with van der Waals surface area (Å²) < 4.78 is 7.13. The predicted octanol–water partition coefficient (Wildman–Crippen LogP) is 1.38. The lowest BCUT2D eigenvalue weighted by Crippen LogP contribution is -2.52. The van der Waals surface area contributed by atoms with E-state index in [2.05, 4.69) is 25.6 Å². The number of benzene rings is 1. The molecule has 4 N–H and O–H groups in total. The Morgan fingerprint density at radius 2 is 2.23 bits per heavy atom. The van der Waals surface area contributed by atoms with E-state index in [9.17, 15) is 4.79 Å². The van der Waals surface area contributed by atoms with Crippen LogP contribution in [0.1, 0.15) is 12.0 Å². The van der Waals surface area contributed by atoms with Crippen molar-refractivity contribution >= 4 is 22.9 Å². The number of anilines is 2. The van der Waals surface area contributed by atoms with Crippen molar-refractivity contribution in [3.05, 3.63) is 48.4 Å². The fourth-order valence-electron chi connectivity index (χ4n) is 3.96. The molecule has 2 atom stereocenters. The maximum atomic E-state index is 12.2. The van der Waals surface area contributed by atoms with Gasteiger partial charge in [-0.15, -0.1) is 0 Å². The van der Waals surface area contributed by atoms with E-state index in [1.165, 1.54) is 6.33 Å². The highest BCUT2D eigenvalue weighted by atomic mass is 16.5. The number of aromatic nitrogens is 3. The second kappa shape index (κ2) is 8.68. The smallest absolute Gasteiger partial charge is 0.225 e. The molecule has 9 heteroatoms. The predicted molar refractivity (Wildman–Crippen MR) is 115 cm³/mol. The molecule has 0 radical (unpaired) electrons. The topological polar surface area (TPSA) is 110 Å². The van der Waals surface area contributed by atoms with Gasteiger partial charge in [0.25, 0.3) is 0 Å². The number of carbonyl (C=O) groups excluding carboxylic acids is 1. The minimum absolute atomic E-state index is 0.00217. The number of rotatable bonds is 6. The largest absolute Gasteiger partial charge is 0.497 e. The summed E-state index contributed by atoms with van der Waals surface area (Å²) >= 11 is 0. The lowest BCUT2D eigenvalue weighted by Gasteiger charge is -2.35. The standard InChI is InChI=1S/C21H27N7O2/c1-23-21(29)17-12-27(8-7-18(17)22)11-14-6-9-28-19(14)20(24-13-25-28)26-15-4-3-5-16(10-15)30-2/h3-6,9-10,13,17-18H,7-8,11-12,22H2,1-2H3,(H,23,29)(H,24,25,26). The SMILES string of the molecule is CNC(=O)C1CN(Cc2ccn3ncnc(Nc4cccc(OC)c4)c23)CCC1N. The third kappa shape index (κ3) is 4.07. The second-order valence-electron chi connectivity index (χ2n) is 7.51. The molecule has 158 valence electrons. The van der Waals surface area contributed by atoms with Crippen LogP contribution in [0, 0.1) is 5.92 Å². The van der Waals surface area contributed by atoms with E-state index in [1.807, 2.05) is 41.0 Å². The quantitative estimate of drug-likeness (QED) is 0.564. The molecule has 30 heavy (non-hydrogen) atoms. The second-order valence-corrected chi connectivity index (χ2v) is 7.51. The molecular formula is C21H27N7O2. The highest BCUT2D eigenvalue weighted by Crippen LogP contribution is 2.27. The molecule has 1 amide bonds. The van der Waals surface area contributed by atoms with Crippen molar-refractivity contribution in [2.45, 2.75) is 19.0 Å². The van der Waals surface area contributed by atoms with Gasteiger partial charge in [0.05, 0.1) is 13.0 Å². The van der Waals surface area contributed by atoms with Crippen LogP contribution in [0.2, 0.25) is 0 Å². The molecule has 1 saturated heterocycles. The van der Waals surface area contributed by atoms with Gasteiger partial charge in [0.15, 0.2) is 5.82 Å². The normalized spacial score (nSPS) is 19.6. The summed E-state index contributed by atoms with van der Waals surface area (Å²) in [5.74, 6) is 1.28. The average Bonchev–Trinajstić information content (AvgIpc) is 3.18. The van der Waals surface area contributed by atoms with Crippen LogP contribution in [0.15, 0.2) is 42.9 Å². The van der Waals surface area contributed by atoms with Crippen LogP contribution < -0.4 is 21.1 Å². The van der Waals surface area contributed by atoms with Gasteiger partial charge in [-0.2, -0.15) is 5.10 Å². The lowest BCUT2D eigenvalue weighted by atomic mass is 9.92. The first-order chi connectivity index (χ1) is 14.6. The zero-order valence-electron chi connectivity index (χ0n) is 17.2. The molecule has 1 fully saturated rings. The van der Waals surface area contributed by atoms with E-state index < -0.39 is 0 Å². The molecule has 0 bridgehead atoms. The van der Waals surface area contributed by atoms with Crippen LogP contribution >= 0.6 is 0 Å². The lowest BCUT2D eigenvalue weighted by molar-refractivity contribution is -0.126. The maximum Gasteiger partial charge on any atom is 0.225 e. The summed E-state index contributed by atoms with van der Waals surface area (Å²) in [6.07, 6.45) is 4.24. The number of methoxy groups -OCH3 is 1. The van der Waals surface area contributed by atoms with Crippen LogP contribution in [-0.2, 0) is 11.3 Å². The van der Waals surface area contributed by atoms with Crippen molar-refractivity contribution in [3.8, 4) is 5.75 Å². The van der Waals surface area contributed by atoms with Crippen LogP contribution in [-0.4, -0.2) is 58.7 Å². The first kappa shape index (κ1) is 20.1. The molecule has 2 unspecified atom stereocenters. The van der Waals surface area contributed by atoms with Gasteiger partial charge in [-0.05, 0) is 30.2 Å². The van der Waals surface area contributed by atoms with Gasteiger partial charge >= 0.3 is 0 Å². The van der Waals surface area contributed by atoms with Gasteiger partial charge in [-0.1, -0.05) is 6.07 Å². The molecule has 0 saturated carbocycles. The van der Waals surface area contributed by atoms with Crippen LogP contribution in [0.4, 0.5) is 11.5 Å². The van der Waals surface area contributed by atoms with E-state index in [4.69, 9.17) is 10.5 Å². The van der Waals surface area contributed by atoms with E-state index >= 15 is 0 Å². The number of nitrogens with one attached hydrogen (secondary N) is 2. The number of amides is 1. The van der Waals surface area contributed by atoms with Crippen molar-refractivity contribution in [1.29, 1.82) is 0 Å². The fraction of sp³-hybridized carbons (Fsp3) is 0.381. The Morgan fingerprint density at radius 3 is 3.03 bits per heavy atom. The summed E-state index contributed by atoms with van der Waals surface area (Å²) in [5.41, 5.74) is 9.06. The first-order valence-electron chi connectivity index (χ1n) is 10.0. The Hall–Kier alpha value is -3.17. The third-order valence-electron chi connectivity index (χ3n) is 5.60. The number of piperidine rings is 1. The van der Waals surface area contributed by atoms with Crippen molar-refractivity contribution in [3.63, 3.8) is 0 Å². The summed E-state index contributed by atoms with van der Waals surface area (Å²) in [6.45, 7) is 2.17. The zero-order valence-corrected chi connectivity index (χ0v) is 17.2. The third-order valence-corrected chi connectivity index (χ3v) is 5.60. The fourth-order valence-corrected chi connectivity index (χ4v) is 3.96. The van der Waals surface area contributed by atoms with E-state index in [-0.39, 0.29) is 17.9 Å². The number of fused-ring (bicyclic) bond motifs is 1. The molecule has 1 aliphatic heterocycles. The minimum atomic E-state index is -0.205. The van der Waals surface area contributed by atoms with E-state index in [1.54, 1.807) is 14.2 Å². The number of hydrogen-bond acceptors (Lipinski definition) is 7. The number of ether oxygens (including phenoxy) is 1. The van der Waals surface area contributed by atoms with Gasteiger partial charge < -0.3 is 21.1 Å². The van der Waals surface area contributed by atoms with Crippen molar-refractivity contribution in [1.82, 2.24) is 24.8 Å². The minimum Gasteiger partial charge on any atom is -0.497 e. The Bertz CT molecular complexity index is 1040. The number of hydrogen-bond donors (Lipinski definition) is 3. The molecule has 0 aliphatic carbocycles. The molecule has 9 nitrogen and oxygen atoms in total. The zero-order chi connectivity index (χ0) is 21.1. The van der Waals surface area contributed by atoms with Crippen LogP contribution in [0.3, 0.4) is 0 Å². The summed E-state index contributed by atoms with van der Waals surface area (Å²) in [5, 5.41) is 10.4. The van der Waals surface area contributed by atoms with Crippen molar-refractivity contribution in [2.75, 3.05) is 32.6 Å². The number of carbonyl (C=O) groups is 1. The van der Waals surface area contributed by atoms with Crippen LogP contribution in [0.5, 0.6) is 5.75 Å². The Kier molecular flexibility index (Phi) is 5.82. The summed E-state index contributed by atoms with van der Waals surface area (Å²) in [4.78, 5) is 18.9. The van der Waals surface area contributed by atoms with Gasteiger partial charge in [0, 0.05) is 50.7 Å². The number of likely N-dealkylation sites (tertiary alicyclic amines) is 1. The molecule has 4 rings (SSSR count). The number of nitrogens with zero attached hydrogens (tertiary/aromatic N) is 4. The first-order valence-corrected chi connectivity index (χ1v) is 10.0. The van der Waals surface area contributed by atoms with E-state index in [0.29, 0.717) is 13.1 Å². The molecule has 0 spiro atoms. The molecule has 3 aromatic rings. The van der Waals surface area contributed by atoms with E-state index in [0.717, 1.165) is 41.3 Å². The van der Waals surface area contributed by atoms with Gasteiger partial charge in [-0.25, -0.2) is 9.50 Å². The monoisotopic (exact) mass is 409 g/mol. The Labute approximate surface area is 175 Å². The average molecular weight is 409 g/mol. The Balaban J connectivity index is 1.59. The van der Waals surface area contributed by atoms with Crippen molar-refractivity contribution < 1.29 is 9.53 Å². The Morgan fingerprint density at radius 1 is 1.37 bits per heavy atom.